The summed E-state index contributed by atoms with van der Waals surface area (Å²) in [7, 11) is 0. The van der Waals surface area contributed by atoms with Crippen LogP contribution in [0.1, 0.15) is 20.8 Å². The summed E-state index contributed by atoms with van der Waals surface area (Å²) in [5.74, 6) is 0. The first kappa shape index (κ1) is 13.1. The number of nitrogens with zero attached hydrogens (tertiary/aromatic N) is 2. The average molecular weight is 258 g/mol. The van der Waals surface area contributed by atoms with Gasteiger partial charge in [0.1, 0.15) is 0 Å². The minimum absolute atomic E-state index is 0.323. The van der Waals surface area contributed by atoms with Crippen LogP contribution in [0.2, 0.25) is 0 Å². The first-order valence-corrected chi connectivity index (χ1v) is 6.09. The topological polar surface area (TPSA) is 6.48 Å². The Kier molecular flexibility index (Phi) is 2.95. The van der Waals surface area contributed by atoms with Crippen LogP contribution in [0.15, 0.2) is 24.3 Å². The molecule has 0 fully saturated rings. The maximum absolute atomic E-state index is 13.5. The van der Waals surface area contributed by atoms with E-state index in [0.29, 0.717) is 24.5 Å². The number of benzene rings is 1. The second-order valence-corrected chi connectivity index (χ2v) is 4.50. The van der Waals surface area contributed by atoms with Crippen molar-refractivity contribution >= 4 is 11.4 Å². The van der Waals surface area contributed by atoms with E-state index in [1.54, 1.807) is 38.1 Å². The van der Waals surface area contributed by atoms with E-state index in [-0.39, 0.29) is 0 Å². The Morgan fingerprint density at radius 3 is 1.67 bits per heavy atom. The summed E-state index contributed by atoms with van der Waals surface area (Å²) in [4.78, 5) is 2.84. The Bertz CT molecular complexity index is 411. The Balaban J connectivity index is 2.63. The second kappa shape index (κ2) is 4.07. The molecule has 2 rings (SSSR count). The van der Waals surface area contributed by atoms with Crippen LogP contribution >= 0.6 is 0 Å². The Hall–Kier alpha value is -1.39. The first-order valence-electron chi connectivity index (χ1n) is 6.09. The predicted molar refractivity (Wildman–Crippen MR) is 66.9 cm³/mol. The number of hydrogen-bond donors (Lipinski definition) is 0. The van der Waals surface area contributed by atoms with Gasteiger partial charge in [0, 0.05) is 13.1 Å². The van der Waals surface area contributed by atoms with Crippen molar-refractivity contribution in [3.05, 3.63) is 24.3 Å². The molecule has 0 saturated carbocycles. The number of para-hydroxylation sites is 2. The van der Waals surface area contributed by atoms with Crippen LogP contribution in [0.5, 0.6) is 0 Å². The Morgan fingerprint density at radius 1 is 1.00 bits per heavy atom. The zero-order chi connectivity index (χ0) is 13.6. The van der Waals surface area contributed by atoms with Crippen molar-refractivity contribution in [2.75, 3.05) is 22.9 Å². The molecule has 0 aromatic heterocycles. The molecule has 5 heteroatoms. The summed E-state index contributed by atoms with van der Waals surface area (Å²) >= 11 is 0. The van der Waals surface area contributed by atoms with Gasteiger partial charge in [-0.05, 0) is 32.9 Å². The van der Waals surface area contributed by atoms with Gasteiger partial charge in [-0.2, -0.15) is 13.2 Å². The molecule has 100 valence electrons. The minimum atomic E-state index is -4.31. The lowest BCUT2D eigenvalue weighted by Gasteiger charge is -2.43. The molecule has 0 atom stereocenters. The summed E-state index contributed by atoms with van der Waals surface area (Å²) < 4.78 is 40.5. The number of anilines is 2. The van der Waals surface area contributed by atoms with Crippen LogP contribution in [0, 0.1) is 0 Å². The third-order valence-corrected chi connectivity index (χ3v) is 3.68. The fourth-order valence-corrected chi connectivity index (χ4v) is 2.80. The van der Waals surface area contributed by atoms with Crippen molar-refractivity contribution in [1.82, 2.24) is 0 Å². The highest BCUT2D eigenvalue weighted by atomic mass is 19.4. The van der Waals surface area contributed by atoms with Crippen molar-refractivity contribution in [2.24, 2.45) is 0 Å². The zero-order valence-electron chi connectivity index (χ0n) is 10.8. The first-order chi connectivity index (χ1) is 8.37. The lowest BCUT2D eigenvalue weighted by atomic mass is 10.1. The quantitative estimate of drug-likeness (QED) is 0.799. The number of alkyl halides is 3. The second-order valence-electron chi connectivity index (χ2n) is 4.50. The summed E-state index contributed by atoms with van der Waals surface area (Å²) in [6.45, 7) is 5.40. The standard InChI is InChI=1S/C13H17F3N2/c1-4-17-10-8-6-7-9-11(10)18(5-2)12(17,3)13(14,15)16/h6-9H,4-5H2,1-3H3. The van der Waals surface area contributed by atoms with Gasteiger partial charge in [-0.15, -0.1) is 0 Å². The van der Waals surface area contributed by atoms with Gasteiger partial charge in [-0.1, -0.05) is 12.1 Å². The highest BCUT2D eigenvalue weighted by Crippen LogP contribution is 2.51. The van der Waals surface area contributed by atoms with E-state index in [0.717, 1.165) is 0 Å². The fraction of sp³-hybridized carbons (Fsp3) is 0.538. The summed E-state index contributed by atoms with van der Waals surface area (Å²) in [5.41, 5.74) is -0.649. The van der Waals surface area contributed by atoms with Gasteiger partial charge < -0.3 is 9.80 Å². The van der Waals surface area contributed by atoms with E-state index in [1.807, 2.05) is 0 Å². The van der Waals surface area contributed by atoms with Crippen LogP contribution in [0.25, 0.3) is 0 Å². The Morgan fingerprint density at radius 2 is 1.39 bits per heavy atom. The van der Waals surface area contributed by atoms with Crippen molar-refractivity contribution < 1.29 is 13.2 Å². The molecule has 0 aliphatic carbocycles. The molecule has 0 unspecified atom stereocenters. The largest absolute Gasteiger partial charge is 0.430 e. The van der Waals surface area contributed by atoms with Crippen LogP contribution in [-0.2, 0) is 0 Å². The maximum atomic E-state index is 13.5. The summed E-state index contributed by atoms with van der Waals surface area (Å²) in [6, 6.07) is 7.05. The van der Waals surface area contributed by atoms with E-state index in [2.05, 4.69) is 0 Å². The molecular weight excluding hydrogens is 241 g/mol. The SMILES string of the molecule is CCN1c2ccccc2N(CC)C1(C)C(F)(F)F. The number of halogens is 3. The van der Waals surface area contributed by atoms with E-state index in [1.165, 1.54) is 16.7 Å². The molecule has 1 aliphatic rings. The highest BCUT2D eigenvalue weighted by molar-refractivity contribution is 5.79. The van der Waals surface area contributed by atoms with E-state index < -0.39 is 11.8 Å². The molecule has 1 aromatic rings. The zero-order valence-corrected chi connectivity index (χ0v) is 10.8. The van der Waals surface area contributed by atoms with Crippen molar-refractivity contribution in [3.63, 3.8) is 0 Å². The number of fused-ring (bicyclic) bond motifs is 1. The molecule has 1 aliphatic heterocycles. The van der Waals surface area contributed by atoms with Crippen molar-refractivity contribution in [3.8, 4) is 0 Å². The molecule has 0 radical (unpaired) electrons. The fourth-order valence-electron chi connectivity index (χ4n) is 2.80. The molecule has 18 heavy (non-hydrogen) atoms. The monoisotopic (exact) mass is 258 g/mol. The van der Waals surface area contributed by atoms with Crippen molar-refractivity contribution in [1.29, 1.82) is 0 Å². The normalized spacial score (nSPS) is 18.1. The maximum Gasteiger partial charge on any atom is 0.430 e. The summed E-state index contributed by atoms with van der Waals surface area (Å²) in [6.07, 6.45) is -4.31. The Labute approximate surface area is 105 Å². The molecular formula is C13H17F3N2. The van der Waals surface area contributed by atoms with Crippen LogP contribution < -0.4 is 9.80 Å². The molecule has 0 bridgehead atoms. The third-order valence-electron chi connectivity index (χ3n) is 3.68. The van der Waals surface area contributed by atoms with E-state index >= 15 is 0 Å². The van der Waals surface area contributed by atoms with Crippen LogP contribution in [0.4, 0.5) is 24.5 Å². The smallest absolute Gasteiger partial charge is 0.340 e. The predicted octanol–water partition coefficient (Wildman–Crippen LogP) is 3.63. The van der Waals surface area contributed by atoms with E-state index in [4.69, 9.17) is 0 Å². The van der Waals surface area contributed by atoms with Gasteiger partial charge in [0.05, 0.1) is 11.4 Å². The van der Waals surface area contributed by atoms with Gasteiger partial charge in [-0.25, -0.2) is 0 Å². The number of rotatable bonds is 2. The van der Waals surface area contributed by atoms with E-state index in [9.17, 15) is 13.2 Å². The minimum Gasteiger partial charge on any atom is -0.340 e. The molecule has 0 saturated heterocycles. The molecule has 0 N–H and O–H groups in total. The third kappa shape index (κ3) is 1.49. The lowest BCUT2D eigenvalue weighted by molar-refractivity contribution is -0.180. The highest BCUT2D eigenvalue weighted by Gasteiger charge is 2.62. The summed E-state index contributed by atoms with van der Waals surface area (Å²) in [5, 5.41) is 0. The van der Waals surface area contributed by atoms with Crippen LogP contribution in [-0.4, -0.2) is 24.9 Å². The van der Waals surface area contributed by atoms with Gasteiger partial charge in [-0.3, -0.25) is 0 Å². The molecule has 2 nitrogen and oxygen atoms in total. The van der Waals surface area contributed by atoms with Gasteiger partial charge in [0.25, 0.3) is 0 Å². The molecule has 0 spiro atoms. The van der Waals surface area contributed by atoms with Crippen molar-refractivity contribution in [2.45, 2.75) is 32.6 Å². The molecule has 0 amide bonds. The van der Waals surface area contributed by atoms with Gasteiger partial charge in [0.15, 0.2) is 0 Å². The lowest BCUT2D eigenvalue weighted by Crippen LogP contribution is -2.64. The van der Waals surface area contributed by atoms with Crippen LogP contribution in [0.3, 0.4) is 0 Å². The number of hydrogen-bond acceptors (Lipinski definition) is 2. The molecule has 1 heterocycles. The molecule has 1 aromatic carbocycles. The average Bonchev–Trinajstić information content (AvgIpc) is 2.57. The van der Waals surface area contributed by atoms with Gasteiger partial charge >= 0.3 is 6.18 Å². The van der Waals surface area contributed by atoms with Gasteiger partial charge in [0.2, 0.25) is 5.66 Å².